The number of nitrogens with zero attached hydrogens (tertiary/aromatic N) is 2. The third kappa shape index (κ3) is 5.62. The van der Waals surface area contributed by atoms with Crippen LogP contribution < -0.4 is 19.5 Å². The van der Waals surface area contributed by atoms with Gasteiger partial charge in [0.2, 0.25) is 5.75 Å². The fraction of sp³-hybridized carbons (Fsp3) is 0.458. The van der Waals surface area contributed by atoms with Crippen molar-refractivity contribution in [2.24, 2.45) is 0 Å². The minimum atomic E-state index is -0.293. The van der Waals surface area contributed by atoms with E-state index in [1.54, 1.807) is 24.3 Å². The Kier molecular flexibility index (Phi) is 8.16. The Labute approximate surface area is 189 Å². The van der Waals surface area contributed by atoms with Crippen LogP contribution in [0.2, 0.25) is 0 Å². The number of hydrogen-bond acceptors (Lipinski definition) is 5. The first-order valence-corrected chi connectivity index (χ1v) is 10.8. The number of carbonyl (C=O) groups excluding carboxylic acids is 1. The number of ether oxygens (including phenoxy) is 3. The van der Waals surface area contributed by atoms with Crippen molar-refractivity contribution in [2.45, 2.75) is 32.4 Å². The van der Waals surface area contributed by atoms with Gasteiger partial charge in [-0.15, -0.1) is 0 Å². The average molecular weight is 446 g/mol. The van der Waals surface area contributed by atoms with Gasteiger partial charge in [-0.3, -0.25) is 0 Å². The van der Waals surface area contributed by atoms with E-state index >= 15 is 0 Å². The minimum Gasteiger partial charge on any atom is -0.493 e. The first-order chi connectivity index (χ1) is 15.5. The lowest BCUT2D eigenvalue weighted by molar-refractivity contribution is 0.126. The molecule has 2 amide bonds. The summed E-state index contributed by atoms with van der Waals surface area (Å²) >= 11 is 0. The van der Waals surface area contributed by atoms with Crippen molar-refractivity contribution in [1.82, 2.24) is 9.80 Å². The number of rotatable bonds is 8. The van der Waals surface area contributed by atoms with Crippen molar-refractivity contribution >= 4 is 11.7 Å². The lowest BCUT2D eigenvalue weighted by Crippen LogP contribution is -2.48. The van der Waals surface area contributed by atoms with Crippen LogP contribution in [0.5, 0.6) is 17.2 Å². The van der Waals surface area contributed by atoms with Gasteiger partial charge in [0.05, 0.1) is 27.0 Å². The molecule has 0 atom stereocenters. The van der Waals surface area contributed by atoms with E-state index in [4.69, 9.17) is 14.2 Å². The molecule has 2 aromatic rings. The highest BCUT2D eigenvalue weighted by molar-refractivity contribution is 5.90. The fourth-order valence-electron chi connectivity index (χ4n) is 4.05. The number of methoxy groups -OCH3 is 3. The molecule has 2 aromatic carbocycles. The molecular formula is C24H32FN3O4. The summed E-state index contributed by atoms with van der Waals surface area (Å²) in [5, 5.41) is 2.98. The summed E-state index contributed by atoms with van der Waals surface area (Å²) in [6, 6.07) is 9.55. The number of benzene rings is 2. The van der Waals surface area contributed by atoms with Crippen molar-refractivity contribution < 1.29 is 23.4 Å². The van der Waals surface area contributed by atoms with Crippen LogP contribution in [0.15, 0.2) is 36.4 Å². The highest BCUT2D eigenvalue weighted by Gasteiger charge is 2.28. The standard InChI is InChI=1S/C24H32FN3O4/c1-5-27-12-10-20(11-13-27)28(16-17-6-8-18(25)9-7-17)24(29)26-19-14-21(30-2)23(32-4)22(15-19)31-3/h6-9,14-15,20H,5,10-13,16H2,1-4H3,(H,26,29). The van der Waals surface area contributed by atoms with Gasteiger partial charge < -0.3 is 29.3 Å². The Bertz CT molecular complexity index is 874. The molecular weight excluding hydrogens is 413 g/mol. The quantitative estimate of drug-likeness (QED) is 0.654. The van der Waals surface area contributed by atoms with Crippen molar-refractivity contribution in [2.75, 3.05) is 46.3 Å². The third-order valence-electron chi connectivity index (χ3n) is 5.89. The molecule has 32 heavy (non-hydrogen) atoms. The fourth-order valence-corrected chi connectivity index (χ4v) is 4.05. The van der Waals surface area contributed by atoms with E-state index in [0.29, 0.717) is 29.5 Å². The minimum absolute atomic E-state index is 0.0879. The van der Waals surface area contributed by atoms with E-state index in [-0.39, 0.29) is 17.9 Å². The molecule has 1 N–H and O–H groups in total. The Hall–Kier alpha value is -3.00. The zero-order valence-corrected chi connectivity index (χ0v) is 19.2. The van der Waals surface area contributed by atoms with E-state index in [1.165, 1.54) is 33.5 Å². The van der Waals surface area contributed by atoms with Crippen LogP contribution in [0.4, 0.5) is 14.9 Å². The second-order valence-corrected chi connectivity index (χ2v) is 7.76. The van der Waals surface area contributed by atoms with Crippen molar-refractivity contribution in [3.8, 4) is 17.2 Å². The molecule has 1 saturated heterocycles. The van der Waals surface area contributed by atoms with Crippen molar-refractivity contribution in [1.29, 1.82) is 0 Å². The number of piperidine rings is 1. The molecule has 0 radical (unpaired) electrons. The van der Waals surface area contributed by atoms with Gasteiger partial charge in [-0.1, -0.05) is 19.1 Å². The van der Waals surface area contributed by atoms with E-state index in [1.807, 2.05) is 4.90 Å². The molecule has 0 aromatic heterocycles. The molecule has 0 unspecified atom stereocenters. The molecule has 3 rings (SSSR count). The summed E-state index contributed by atoms with van der Waals surface area (Å²) in [5.41, 5.74) is 1.42. The van der Waals surface area contributed by atoms with Gasteiger partial charge in [-0.05, 0) is 37.1 Å². The van der Waals surface area contributed by atoms with Gasteiger partial charge in [0.25, 0.3) is 0 Å². The SMILES string of the molecule is CCN1CCC(N(Cc2ccc(F)cc2)C(=O)Nc2cc(OC)c(OC)c(OC)c2)CC1. The van der Waals surface area contributed by atoms with Crippen LogP contribution in [0, 0.1) is 5.82 Å². The molecule has 1 fully saturated rings. The van der Waals surface area contributed by atoms with Crippen LogP contribution >= 0.6 is 0 Å². The normalized spacial score (nSPS) is 14.7. The number of urea groups is 1. The first-order valence-electron chi connectivity index (χ1n) is 10.8. The van der Waals surface area contributed by atoms with Crippen molar-refractivity contribution in [3.63, 3.8) is 0 Å². The van der Waals surface area contributed by atoms with Crippen LogP contribution in [0.25, 0.3) is 0 Å². The van der Waals surface area contributed by atoms with Gasteiger partial charge in [-0.25, -0.2) is 9.18 Å². The maximum Gasteiger partial charge on any atom is 0.322 e. The monoisotopic (exact) mass is 445 g/mol. The Morgan fingerprint density at radius 2 is 1.66 bits per heavy atom. The highest BCUT2D eigenvalue weighted by Crippen LogP contribution is 2.40. The van der Waals surface area contributed by atoms with Gasteiger partial charge in [-0.2, -0.15) is 0 Å². The van der Waals surface area contributed by atoms with Gasteiger partial charge in [0.1, 0.15) is 5.82 Å². The Morgan fingerprint density at radius 1 is 1.06 bits per heavy atom. The largest absolute Gasteiger partial charge is 0.493 e. The molecule has 8 heteroatoms. The molecule has 174 valence electrons. The zero-order chi connectivity index (χ0) is 23.1. The van der Waals surface area contributed by atoms with Gasteiger partial charge in [0, 0.05) is 37.8 Å². The Balaban J connectivity index is 1.83. The summed E-state index contributed by atoms with van der Waals surface area (Å²) in [5.74, 6) is 1.09. The molecule has 0 spiro atoms. The number of amides is 2. The van der Waals surface area contributed by atoms with Crippen LogP contribution in [-0.2, 0) is 6.54 Å². The molecule has 7 nitrogen and oxygen atoms in total. The maximum atomic E-state index is 13.4. The number of anilines is 1. The summed E-state index contributed by atoms with van der Waals surface area (Å²) < 4.78 is 29.5. The predicted octanol–water partition coefficient (Wildman–Crippen LogP) is 4.37. The molecule has 0 aliphatic carbocycles. The lowest BCUT2D eigenvalue weighted by Gasteiger charge is -2.38. The smallest absolute Gasteiger partial charge is 0.322 e. The number of halogens is 1. The van der Waals surface area contributed by atoms with Crippen molar-refractivity contribution in [3.05, 3.63) is 47.8 Å². The van der Waals surface area contributed by atoms with Crippen LogP contribution in [0.1, 0.15) is 25.3 Å². The topological polar surface area (TPSA) is 63.3 Å². The summed E-state index contributed by atoms with van der Waals surface area (Å²) in [4.78, 5) is 17.6. The van der Waals surface area contributed by atoms with E-state index < -0.39 is 0 Å². The number of hydrogen-bond donors (Lipinski definition) is 1. The van der Waals surface area contributed by atoms with Crippen LogP contribution in [-0.4, -0.2) is 62.8 Å². The predicted molar refractivity (Wildman–Crippen MR) is 122 cm³/mol. The second kappa shape index (κ2) is 11.0. The number of likely N-dealkylation sites (tertiary alicyclic amines) is 1. The van der Waals surface area contributed by atoms with E-state index in [9.17, 15) is 9.18 Å². The number of carbonyl (C=O) groups is 1. The molecule has 0 bridgehead atoms. The van der Waals surface area contributed by atoms with E-state index in [0.717, 1.165) is 38.0 Å². The lowest BCUT2D eigenvalue weighted by atomic mass is 10.0. The zero-order valence-electron chi connectivity index (χ0n) is 19.2. The third-order valence-corrected chi connectivity index (χ3v) is 5.89. The molecule has 1 heterocycles. The highest BCUT2D eigenvalue weighted by atomic mass is 19.1. The molecule has 0 saturated carbocycles. The number of nitrogens with one attached hydrogen (secondary N) is 1. The Morgan fingerprint density at radius 3 is 2.16 bits per heavy atom. The first kappa shape index (κ1) is 23.7. The molecule has 1 aliphatic heterocycles. The average Bonchev–Trinajstić information content (AvgIpc) is 2.83. The summed E-state index contributed by atoms with van der Waals surface area (Å²) in [7, 11) is 4.60. The second-order valence-electron chi connectivity index (χ2n) is 7.76. The maximum absolute atomic E-state index is 13.4. The van der Waals surface area contributed by atoms with Gasteiger partial charge in [0.15, 0.2) is 11.5 Å². The van der Waals surface area contributed by atoms with E-state index in [2.05, 4.69) is 17.1 Å². The van der Waals surface area contributed by atoms with Crippen LogP contribution in [0.3, 0.4) is 0 Å². The summed E-state index contributed by atoms with van der Waals surface area (Å²) in [6.45, 7) is 5.43. The summed E-state index contributed by atoms with van der Waals surface area (Å²) in [6.07, 6.45) is 1.77. The molecule has 1 aliphatic rings. The van der Waals surface area contributed by atoms with Gasteiger partial charge >= 0.3 is 6.03 Å².